The fourth-order valence-corrected chi connectivity index (χ4v) is 2.68. The SMILES string of the molecule is CN1CCNCC1c1noc(Cc2ccccc2C(F)(F)F)n1. The van der Waals surface area contributed by atoms with Gasteiger partial charge in [-0.2, -0.15) is 18.2 Å². The molecule has 0 bridgehead atoms. The minimum absolute atomic E-state index is 0.0286. The van der Waals surface area contributed by atoms with Gasteiger partial charge in [0.15, 0.2) is 5.82 Å². The number of hydrogen-bond donors (Lipinski definition) is 1. The monoisotopic (exact) mass is 326 g/mol. The summed E-state index contributed by atoms with van der Waals surface area (Å²) in [6, 6.07) is 5.40. The highest BCUT2D eigenvalue weighted by molar-refractivity contribution is 5.31. The average Bonchev–Trinajstić information content (AvgIpc) is 2.95. The summed E-state index contributed by atoms with van der Waals surface area (Å²) in [5.74, 6) is 0.690. The second-order valence-electron chi connectivity index (χ2n) is 5.58. The molecule has 0 aliphatic carbocycles. The Kier molecular flexibility index (Phi) is 4.36. The van der Waals surface area contributed by atoms with E-state index in [1.807, 2.05) is 7.05 Å². The normalized spacial score (nSPS) is 19.9. The fraction of sp³-hybridized carbons (Fsp3) is 0.467. The number of benzene rings is 1. The first-order valence-electron chi connectivity index (χ1n) is 7.33. The molecule has 3 rings (SSSR count). The molecule has 23 heavy (non-hydrogen) atoms. The molecule has 0 radical (unpaired) electrons. The number of piperazine rings is 1. The third-order valence-electron chi connectivity index (χ3n) is 3.96. The summed E-state index contributed by atoms with van der Waals surface area (Å²) in [6.07, 6.45) is -4.43. The lowest BCUT2D eigenvalue weighted by atomic mass is 10.0. The second-order valence-corrected chi connectivity index (χ2v) is 5.58. The predicted molar refractivity (Wildman–Crippen MR) is 76.8 cm³/mol. The molecule has 2 aromatic rings. The Morgan fingerprint density at radius 2 is 2.13 bits per heavy atom. The molecule has 1 atom stereocenters. The van der Waals surface area contributed by atoms with Gasteiger partial charge in [0.2, 0.25) is 5.89 Å². The highest BCUT2D eigenvalue weighted by atomic mass is 19.4. The molecule has 1 saturated heterocycles. The van der Waals surface area contributed by atoms with E-state index in [2.05, 4.69) is 20.4 Å². The molecular formula is C15H17F3N4O. The Morgan fingerprint density at radius 3 is 2.87 bits per heavy atom. The van der Waals surface area contributed by atoms with Crippen LogP contribution in [-0.4, -0.2) is 41.7 Å². The van der Waals surface area contributed by atoms with Gasteiger partial charge in [0.1, 0.15) is 0 Å². The van der Waals surface area contributed by atoms with Crippen molar-refractivity contribution in [2.24, 2.45) is 0 Å². The van der Waals surface area contributed by atoms with E-state index in [4.69, 9.17) is 4.52 Å². The topological polar surface area (TPSA) is 54.2 Å². The molecule has 1 N–H and O–H groups in total. The maximum atomic E-state index is 13.0. The van der Waals surface area contributed by atoms with Crippen molar-refractivity contribution in [2.75, 3.05) is 26.7 Å². The molecule has 1 aliphatic rings. The van der Waals surface area contributed by atoms with Crippen LogP contribution in [0.1, 0.15) is 28.9 Å². The van der Waals surface area contributed by atoms with Crippen LogP contribution >= 0.6 is 0 Å². The lowest BCUT2D eigenvalue weighted by Crippen LogP contribution is -2.44. The molecule has 124 valence electrons. The van der Waals surface area contributed by atoms with Gasteiger partial charge in [-0.15, -0.1) is 0 Å². The first-order chi connectivity index (χ1) is 10.9. The number of aromatic nitrogens is 2. The van der Waals surface area contributed by atoms with Crippen LogP contribution in [0.3, 0.4) is 0 Å². The van der Waals surface area contributed by atoms with Crippen LogP contribution in [0.4, 0.5) is 13.2 Å². The van der Waals surface area contributed by atoms with Gasteiger partial charge in [-0.1, -0.05) is 23.4 Å². The summed E-state index contributed by atoms with van der Waals surface area (Å²) in [7, 11) is 1.96. The minimum atomic E-state index is -4.40. The van der Waals surface area contributed by atoms with E-state index in [1.165, 1.54) is 12.1 Å². The van der Waals surface area contributed by atoms with Crippen molar-refractivity contribution in [1.82, 2.24) is 20.4 Å². The zero-order chi connectivity index (χ0) is 16.4. The van der Waals surface area contributed by atoms with Crippen LogP contribution < -0.4 is 5.32 Å². The Bertz CT molecular complexity index is 671. The molecule has 8 heteroatoms. The summed E-state index contributed by atoms with van der Waals surface area (Å²) in [4.78, 5) is 6.37. The van der Waals surface area contributed by atoms with Crippen molar-refractivity contribution in [1.29, 1.82) is 0 Å². The van der Waals surface area contributed by atoms with E-state index < -0.39 is 11.7 Å². The first-order valence-corrected chi connectivity index (χ1v) is 7.33. The third kappa shape index (κ3) is 3.53. The molecule has 1 unspecified atom stereocenters. The standard InChI is InChI=1S/C15H17F3N4O/c1-22-7-6-19-9-12(22)14-20-13(23-21-14)8-10-4-2-3-5-11(10)15(16,17)18/h2-5,12,19H,6-9H2,1H3. The van der Waals surface area contributed by atoms with Crippen molar-refractivity contribution in [3.05, 3.63) is 47.1 Å². The third-order valence-corrected chi connectivity index (χ3v) is 3.96. The van der Waals surface area contributed by atoms with Gasteiger partial charge in [0.25, 0.3) is 0 Å². The van der Waals surface area contributed by atoms with Crippen molar-refractivity contribution in [3.8, 4) is 0 Å². The molecule has 1 aromatic heterocycles. The maximum absolute atomic E-state index is 13.0. The Balaban J connectivity index is 1.80. The Labute approximate surface area is 131 Å². The Hall–Kier alpha value is -1.93. The molecule has 2 heterocycles. The molecule has 1 aliphatic heterocycles. The van der Waals surface area contributed by atoms with Gasteiger partial charge in [-0.25, -0.2) is 0 Å². The smallest absolute Gasteiger partial charge is 0.339 e. The number of nitrogens with one attached hydrogen (secondary N) is 1. The second kappa shape index (κ2) is 6.29. The van der Waals surface area contributed by atoms with E-state index in [0.717, 1.165) is 19.2 Å². The molecule has 0 saturated carbocycles. The lowest BCUT2D eigenvalue weighted by molar-refractivity contribution is -0.138. The number of likely N-dealkylation sites (N-methyl/N-ethyl adjacent to an activating group) is 1. The predicted octanol–water partition coefficient (Wildman–Crippen LogP) is 2.26. The van der Waals surface area contributed by atoms with Crippen molar-refractivity contribution in [3.63, 3.8) is 0 Å². The molecule has 1 fully saturated rings. The summed E-state index contributed by atoms with van der Waals surface area (Å²) in [6.45, 7) is 2.43. The van der Waals surface area contributed by atoms with E-state index in [9.17, 15) is 13.2 Å². The van der Waals surface area contributed by atoms with Crippen molar-refractivity contribution < 1.29 is 17.7 Å². The minimum Gasteiger partial charge on any atom is -0.339 e. The van der Waals surface area contributed by atoms with E-state index >= 15 is 0 Å². The van der Waals surface area contributed by atoms with Gasteiger partial charge in [0.05, 0.1) is 18.0 Å². The van der Waals surface area contributed by atoms with Crippen LogP contribution in [0, 0.1) is 0 Å². The van der Waals surface area contributed by atoms with Crippen molar-refractivity contribution >= 4 is 0 Å². The number of halogens is 3. The summed E-state index contributed by atoms with van der Waals surface area (Å²) in [5.41, 5.74) is -0.540. The molecular weight excluding hydrogens is 309 g/mol. The summed E-state index contributed by atoms with van der Waals surface area (Å²) >= 11 is 0. The zero-order valence-electron chi connectivity index (χ0n) is 12.6. The quantitative estimate of drug-likeness (QED) is 0.938. The van der Waals surface area contributed by atoms with Gasteiger partial charge in [-0.05, 0) is 18.7 Å². The van der Waals surface area contributed by atoms with Crippen LogP contribution in [0.15, 0.2) is 28.8 Å². The average molecular weight is 326 g/mol. The fourth-order valence-electron chi connectivity index (χ4n) is 2.68. The van der Waals surface area contributed by atoms with Gasteiger partial charge in [-0.3, -0.25) is 4.90 Å². The number of alkyl halides is 3. The maximum Gasteiger partial charge on any atom is 0.416 e. The van der Waals surface area contributed by atoms with Crippen LogP contribution in [0.2, 0.25) is 0 Å². The number of hydrogen-bond acceptors (Lipinski definition) is 5. The van der Waals surface area contributed by atoms with Crippen LogP contribution in [0.5, 0.6) is 0 Å². The van der Waals surface area contributed by atoms with E-state index in [-0.39, 0.29) is 23.9 Å². The van der Waals surface area contributed by atoms with E-state index in [1.54, 1.807) is 6.07 Å². The summed E-state index contributed by atoms with van der Waals surface area (Å²) in [5, 5.41) is 7.17. The van der Waals surface area contributed by atoms with Crippen molar-refractivity contribution in [2.45, 2.75) is 18.6 Å². The molecule has 5 nitrogen and oxygen atoms in total. The van der Waals surface area contributed by atoms with E-state index in [0.29, 0.717) is 12.4 Å². The number of rotatable bonds is 3. The largest absolute Gasteiger partial charge is 0.416 e. The zero-order valence-corrected chi connectivity index (χ0v) is 12.6. The van der Waals surface area contributed by atoms with Crippen LogP contribution in [0.25, 0.3) is 0 Å². The molecule has 0 amide bonds. The molecule has 0 spiro atoms. The van der Waals surface area contributed by atoms with Crippen LogP contribution in [-0.2, 0) is 12.6 Å². The lowest BCUT2D eigenvalue weighted by Gasteiger charge is -2.30. The Morgan fingerprint density at radius 1 is 1.35 bits per heavy atom. The highest BCUT2D eigenvalue weighted by Crippen LogP contribution is 2.32. The van der Waals surface area contributed by atoms with Gasteiger partial charge in [0, 0.05) is 19.6 Å². The van der Waals surface area contributed by atoms with Gasteiger partial charge < -0.3 is 9.84 Å². The molecule has 1 aromatic carbocycles. The highest BCUT2D eigenvalue weighted by Gasteiger charge is 2.33. The summed E-state index contributed by atoms with van der Waals surface area (Å²) < 4.78 is 44.2. The first kappa shape index (κ1) is 15.9. The number of nitrogens with zero attached hydrogens (tertiary/aromatic N) is 3. The van der Waals surface area contributed by atoms with Gasteiger partial charge >= 0.3 is 6.18 Å².